The van der Waals surface area contributed by atoms with Crippen molar-refractivity contribution >= 4 is 17.7 Å². The number of nitrogens with zero attached hydrogens (tertiary/aromatic N) is 1. The summed E-state index contributed by atoms with van der Waals surface area (Å²) in [7, 11) is 0. The lowest BCUT2D eigenvalue weighted by molar-refractivity contribution is -0.145. The number of nitrogens with one attached hydrogen (secondary N) is 1. The van der Waals surface area contributed by atoms with Gasteiger partial charge in [0.2, 0.25) is 0 Å². The molecular weight excluding hydrogens is 348 g/mol. The summed E-state index contributed by atoms with van der Waals surface area (Å²) >= 11 is 0. The average Bonchev–Trinajstić information content (AvgIpc) is 3.45. The Kier molecular flexibility index (Phi) is 3.93. The molecule has 4 fully saturated rings. The van der Waals surface area contributed by atoms with E-state index < -0.39 is 17.7 Å². The molecule has 1 aliphatic carbocycles. The van der Waals surface area contributed by atoms with Gasteiger partial charge in [-0.05, 0) is 62.8 Å². The number of hydrogen-bond donors (Lipinski definition) is 1. The Morgan fingerprint density at radius 1 is 0.963 bits per heavy atom. The standard InChI is InChI=1S/C20H22N2O5/c23-18(11-5-7-13(8-6-11)26-12-3-1-2-4-12)21-22-19(24)16-14-9-10-15(27-14)17(16)20(22)25/h5-8,12,14-17H,1-4,9-10H2,(H,21,23)/t14-,15-,16-,17+/m0/s1. The van der Waals surface area contributed by atoms with E-state index in [2.05, 4.69) is 5.43 Å². The third-order valence-electron chi connectivity index (χ3n) is 6.22. The number of benzene rings is 1. The molecule has 1 saturated carbocycles. The van der Waals surface area contributed by atoms with E-state index in [0.29, 0.717) is 5.56 Å². The normalized spacial score (nSPS) is 32.2. The first kappa shape index (κ1) is 16.7. The van der Waals surface area contributed by atoms with Gasteiger partial charge in [-0.2, -0.15) is 5.01 Å². The number of rotatable bonds is 4. The highest BCUT2D eigenvalue weighted by atomic mass is 16.5. The molecule has 0 unspecified atom stereocenters. The van der Waals surface area contributed by atoms with Crippen LogP contribution in [0.2, 0.25) is 0 Å². The molecule has 2 bridgehead atoms. The second-order valence-corrected chi connectivity index (χ2v) is 7.84. The van der Waals surface area contributed by atoms with Crippen LogP contribution >= 0.6 is 0 Å². The summed E-state index contributed by atoms with van der Waals surface area (Å²) in [5, 5.41) is 0.897. The molecule has 7 nitrogen and oxygen atoms in total. The second kappa shape index (κ2) is 6.34. The van der Waals surface area contributed by atoms with Crippen molar-refractivity contribution in [3.63, 3.8) is 0 Å². The number of carbonyl (C=O) groups excluding carboxylic acids is 3. The van der Waals surface area contributed by atoms with Crippen molar-refractivity contribution in [2.75, 3.05) is 0 Å². The first-order valence-corrected chi connectivity index (χ1v) is 9.73. The predicted molar refractivity (Wildman–Crippen MR) is 93.5 cm³/mol. The number of fused-ring (bicyclic) bond motifs is 5. The van der Waals surface area contributed by atoms with Gasteiger partial charge in [0.15, 0.2) is 0 Å². The lowest BCUT2D eigenvalue weighted by Gasteiger charge is -2.18. The number of carbonyl (C=O) groups is 3. The van der Waals surface area contributed by atoms with E-state index in [1.807, 2.05) is 0 Å². The summed E-state index contributed by atoms with van der Waals surface area (Å²) in [6, 6.07) is 6.81. The largest absolute Gasteiger partial charge is 0.490 e. The summed E-state index contributed by atoms with van der Waals surface area (Å²) in [6.07, 6.45) is 5.99. The third kappa shape index (κ3) is 2.72. The molecule has 0 spiro atoms. The van der Waals surface area contributed by atoms with Crippen molar-refractivity contribution < 1.29 is 23.9 Å². The molecule has 1 aromatic carbocycles. The minimum absolute atomic E-state index is 0.189. The lowest BCUT2D eigenvalue weighted by Crippen LogP contribution is -2.47. The Morgan fingerprint density at radius 2 is 1.56 bits per heavy atom. The Morgan fingerprint density at radius 3 is 2.15 bits per heavy atom. The van der Waals surface area contributed by atoms with Crippen molar-refractivity contribution in [2.24, 2.45) is 11.8 Å². The molecule has 1 N–H and O–H groups in total. The SMILES string of the molecule is O=C(NN1C(=O)[C@@H]2[C@H](C1=O)[C@@H]1CC[C@@H]2O1)c1ccc(OC2CCCC2)cc1. The Hall–Kier alpha value is -2.41. The van der Waals surface area contributed by atoms with Gasteiger partial charge in [-0.3, -0.25) is 19.8 Å². The molecular formula is C20H22N2O5. The molecule has 27 heavy (non-hydrogen) atoms. The molecule has 4 aliphatic rings. The first-order valence-electron chi connectivity index (χ1n) is 9.73. The highest BCUT2D eigenvalue weighted by molar-refractivity contribution is 6.08. The molecule has 0 aromatic heterocycles. The minimum atomic E-state index is -0.475. The van der Waals surface area contributed by atoms with E-state index in [4.69, 9.17) is 9.47 Å². The smallest absolute Gasteiger partial charge is 0.270 e. The van der Waals surface area contributed by atoms with E-state index in [0.717, 1.165) is 36.4 Å². The van der Waals surface area contributed by atoms with Crippen molar-refractivity contribution in [3.8, 4) is 5.75 Å². The predicted octanol–water partition coefficient (Wildman–Crippen LogP) is 1.82. The van der Waals surface area contributed by atoms with Crippen LogP contribution in [0.15, 0.2) is 24.3 Å². The topological polar surface area (TPSA) is 84.9 Å². The van der Waals surface area contributed by atoms with Gasteiger partial charge in [0.25, 0.3) is 17.7 Å². The van der Waals surface area contributed by atoms with Crippen molar-refractivity contribution in [1.29, 1.82) is 0 Å². The second-order valence-electron chi connectivity index (χ2n) is 7.84. The number of hydrogen-bond acceptors (Lipinski definition) is 5. The van der Waals surface area contributed by atoms with Crippen LogP contribution in [0, 0.1) is 11.8 Å². The summed E-state index contributed by atoms with van der Waals surface area (Å²) in [5.41, 5.74) is 2.86. The van der Waals surface area contributed by atoms with E-state index in [9.17, 15) is 14.4 Å². The fourth-order valence-electron chi connectivity index (χ4n) is 4.87. The molecule has 142 valence electrons. The highest BCUT2D eigenvalue weighted by Crippen LogP contribution is 2.48. The van der Waals surface area contributed by atoms with Gasteiger partial charge >= 0.3 is 0 Å². The van der Waals surface area contributed by atoms with Crippen molar-refractivity contribution in [3.05, 3.63) is 29.8 Å². The average molecular weight is 370 g/mol. The van der Waals surface area contributed by atoms with Gasteiger partial charge in [-0.1, -0.05) is 0 Å². The quantitative estimate of drug-likeness (QED) is 0.817. The fourth-order valence-corrected chi connectivity index (χ4v) is 4.87. The zero-order chi connectivity index (χ0) is 18.5. The Labute approximate surface area is 157 Å². The van der Waals surface area contributed by atoms with Crippen LogP contribution in [0.3, 0.4) is 0 Å². The Balaban J connectivity index is 1.25. The van der Waals surface area contributed by atoms with Crippen LogP contribution in [0.25, 0.3) is 0 Å². The van der Waals surface area contributed by atoms with Crippen LogP contribution in [-0.2, 0) is 14.3 Å². The van der Waals surface area contributed by atoms with Crippen molar-refractivity contribution in [1.82, 2.24) is 10.4 Å². The van der Waals surface area contributed by atoms with Gasteiger partial charge in [-0.15, -0.1) is 0 Å². The van der Waals surface area contributed by atoms with E-state index in [-0.39, 0.29) is 30.1 Å². The van der Waals surface area contributed by atoms with Crippen LogP contribution in [0.5, 0.6) is 5.75 Å². The van der Waals surface area contributed by atoms with Crippen LogP contribution in [0.4, 0.5) is 0 Å². The molecule has 1 aromatic rings. The van der Waals surface area contributed by atoms with Gasteiger partial charge in [0.05, 0.1) is 30.1 Å². The maximum atomic E-state index is 12.6. The summed E-state index contributed by atoms with van der Waals surface area (Å²) < 4.78 is 11.6. The molecule has 3 amide bonds. The summed E-state index contributed by atoms with van der Waals surface area (Å²) in [5.74, 6) is -1.34. The maximum absolute atomic E-state index is 12.6. The van der Waals surface area contributed by atoms with Gasteiger partial charge < -0.3 is 9.47 Å². The summed E-state index contributed by atoms with van der Waals surface area (Å²) in [4.78, 5) is 37.7. The molecule has 3 heterocycles. The minimum Gasteiger partial charge on any atom is -0.490 e. The van der Waals surface area contributed by atoms with Crippen LogP contribution in [-0.4, -0.2) is 41.0 Å². The molecule has 3 saturated heterocycles. The first-order chi connectivity index (χ1) is 13.1. The highest BCUT2D eigenvalue weighted by Gasteiger charge is 2.62. The zero-order valence-electron chi connectivity index (χ0n) is 14.9. The zero-order valence-corrected chi connectivity index (χ0v) is 14.9. The third-order valence-corrected chi connectivity index (χ3v) is 6.22. The molecule has 3 aliphatic heterocycles. The molecule has 5 rings (SSSR count). The number of amides is 3. The van der Waals surface area contributed by atoms with E-state index in [1.165, 1.54) is 12.8 Å². The van der Waals surface area contributed by atoms with E-state index in [1.54, 1.807) is 24.3 Å². The molecule has 7 heteroatoms. The van der Waals surface area contributed by atoms with Gasteiger partial charge in [0.1, 0.15) is 5.75 Å². The lowest BCUT2D eigenvalue weighted by atomic mass is 9.81. The number of hydrazine groups is 1. The van der Waals surface area contributed by atoms with Gasteiger partial charge in [0, 0.05) is 5.56 Å². The van der Waals surface area contributed by atoms with Crippen molar-refractivity contribution in [2.45, 2.75) is 56.8 Å². The van der Waals surface area contributed by atoms with Gasteiger partial charge in [-0.25, -0.2) is 0 Å². The fraction of sp³-hybridized carbons (Fsp3) is 0.550. The van der Waals surface area contributed by atoms with Crippen LogP contribution in [0.1, 0.15) is 48.9 Å². The van der Waals surface area contributed by atoms with E-state index >= 15 is 0 Å². The Bertz CT molecular complexity index is 758. The monoisotopic (exact) mass is 370 g/mol. The number of imide groups is 1. The number of ether oxygens (including phenoxy) is 2. The summed E-state index contributed by atoms with van der Waals surface area (Å²) in [6.45, 7) is 0. The molecule has 4 atom stereocenters. The van der Waals surface area contributed by atoms with Crippen LogP contribution < -0.4 is 10.2 Å². The molecule has 0 radical (unpaired) electrons. The maximum Gasteiger partial charge on any atom is 0.270 e.